The lowest BCUT2D eigenvalue weighted by atomic mass is 10.3. The van der Waals surface area contributed by atoms with Crippen LogP contribution in [0, 0.1) is 0 Å². The van der Waals surface area contributed by atoms with Crippen LogP contribution in [0.15, 0.2) is 15.8 Å². The summed E-state index contributed by atoms with van der Waals surface area (Å²) in [5, 5.41) is 0. The van der Waals surface area contributed by atoms with E-state index in [2.05, 4.69) is 0 Å². The normalized spacial score (nSPS) is 10.8. The monoisotopic (exact) mass is 255 g/mol. The fourth-order valence-corrected chi connectivity index (χ4v) is 1.79. The van der Waals surface area contributed by atoms with E-state index in [0.29, 0.717) is 19.7 Å². The largest absolute Gasteiger partial charge is 0.393 e. The fourth-order valence-electron chi connectivity index (χ4n) is 1.79. The third-order valence-corrected chi connectivity index (χ3v) is 2.71. The molecule has 18 heavy (non-hydrogen) atoms. The van der Waals surface area contributed by atoms with Gasteiger partial charge in [0.05, 0.1) is 0 Å². The Bertz CT molecular complexity index is 490. The van der Waals surface area contributed by atoms with Crippen LogP contribution in [-0.4, -0.2) is 22.9 Å². The molecule has 1 rings (SSSR count). The van der Waals surface area contributed by atoms with E-state index in [9.17, 15) is 9.59 Å². The van der Waals surface area contributed by atoms with Crippen LogP contribution in [0.5, 0.6) is 0 Å². The Hall–Kier alpha value is -1.56. The minimum atomic E-state index is -0.398. The van der Waals surface area contributed by atoms with Crippen molar-refractivity contribution in [2.45, 2.75) is 39.3 Å². The first-order valence-electron chi connectivity index (χ1n) is 6.20. The standard InChI is InChI=1S/C12H21N3O3/c1-3-6-14-9-10(13)11(16)15(12(14)17)7-4-5-8-18-2/h9H,3-8,13H2,1-2H3. The summed E-state index contributed by atoms with van der Waals surface area (Å²) in [6.45, 7) is 3.55. The molecule has 1 heterocycles. The zero-order chi connectivity index (χ0) is 13.5. The average Bonchev–Trinajstić information content (AvgIpc) is 2.35. The Morgan fingerprint density at radius 1 is 1.28 bits per heavy atom. The SMILES string of the molecule is CCCn1cc(N)c(=O)n(CCCCOC)c1=O. The number of aryl methyl sites for hydroxylation is 1. The lowest BCUT2D eigenvalue weighted by Crippen LogP contribution is -2.40. The number of nitrogen functional groups attached to an aromatic ring is 1. The number of hydrogen-bond acceptors (Lipinski definition) is 4. The first kappa shape index (κ1) is 14.5. The van der Waals surface area contributed by atoms with Gasteiger partial charge in [0.15, 0.2) is 0 Å². The second kappa shape index (κ2) is 7.00. The number of anilines is 1. The van der Waals surface area contributed by atoms with Crippen LogP contribution in [0.1, 0.15) is 26.2 Å². The van der Waals surface area contributed by atoms with Crippen molar-refractivity contribution in [1.82, 2.24) is 9.13 Å². The van der Waals surface area contributed by atoms with Gasteiger partial charge < -0.3 is 10.5 Å². The number of aromatic nitrogens is 2. The van der Waals surface area contributed by atoms with Crippen LogP contribution in [-0.2, 0) is 17.8 Å². The number of unbranched alkanes of at least 4 members (excludes halogenated alkanes) is 1. The molecule has 0 bridgehead atoms. The smallest absolute Gasteiger partial charge is 0.331 e. The van der Waals surface area contributed by atoms with E-state index in [-0.39, 0.29) is 11.4 Å². The molecule has 0 aliphatic carbocycles. The maximum atomic E-state index is 12.0. The highest BCUT2D eigenvalue weighted by Crippen LogP contribution is 1.95. The van der Waals surface area contributed by atoms with Crippen molar-refractivity contribution >= 4 is 5.69 Å². The first-order valence-corrected chi connectivity index (χ1v) is 6.20. The van der Waals surface area contributed by atoms with Crippen LogP contribution >= 0.6 is 0 Å². The highest BCUT2D eigenvalue weighted by atomic mass is 16.5. The Balaban J connectivity index is 2.94. The molecule has 0 unspecified atom stereocenters. The zero-order valence-corrected chi connectivity index (χ0v) is 11.0. The van der Waals surface area contributed by atoms with Gasteiger partial charge >= 0.3 is 5.69 Å². The van der Waals surface area contributed by atoms with E-state index in [1.165, 1.54) is 15.3 Å². The fraction of sp³-hybridized carbons (Fsp3) is 0.667. The molecule has 1 aromatic rings. The Labute approximate surface area is 106 Å². The summed E-state index contributed by atoms with van der Waals surface area (Å²) in [6.07, 6.45) is 3.78. The Kier molecular flexibility index (Phi) is 5.64. The average molecular weight is 255 g/mol. The maximum absolute atomic E-state index is 12.0. The van der Waals surface area contributed by atoms with Gasteiger partial charge in [-0.3, -0.25) is 13.9 Å². The maximum Gasteiger partial charge on any atom is 0.331 e. The van der Waals surface area contributed by atoms with Crippen molar-refractivity contribution in [3.05, 3.63) is 27.0 Å². The van der Waals surface area contributed by atoms with Crippen LogP contribution < -0.4 is 17.0 Å². The number of nitrogens with zero attached hydrogens (tertiary/aromatic N) is 2. The van der Waals surface area contributed by atoms with E-state index in [4.69, 9.17) is 10.5 Å². The molecule has 0 saturated carbocycles. The predicted octanol–water partition coefficient (Wildman–Crippen LogP) is 0.429. The number of methoxy groups -OCH3 is 1. The molecule has 2 N–H and O–H groups in total. The van der Waals surface area contributed by atoms with Gasteiger partial charge in [-0.15, -0.1) is 0 Å². The second-order valence-corrected chi connectivity index (χ2v) is 4.22. The molecule has 0 atom stereocenters. The third kappa shape index (κ3) is 3.46. The molecule has 102 valence electrons. The summed E-state index contributed by atoms with van der Waals surface area (Å²) >= 11 is 0. The molecular formula is C12H21N3O3. The van der Waals surface area contributed by atoms with Crippen LogP contribution in [0.3, 0.4) is 0 Å². The van der Waals surface area contributed by atoms with E-state index in [0.717, 1.165) is 19.3 Å². The first-order chi connectivity index (χ1) is 8.61. The predicted molar refractivity (Wildman–Crippen MR) is 70.8 cm³/mol. The van der Waals surface area contributed by atoms with Crippen molar-refractivity contribution < 1.29 is 4.74 Å². The van der Waals surface area contributed by atoms with Gasteiger partial charge in [0.2, 0.25) is 0 Å². The molecule has 0 amide bonds. The highest BCUT2D eigenvalue weighted by Gasteiger charge is 2.08. The van der Waals surface area contributed by atoms with Crippen molar-refractivity contribution in [1.29, 1.82) is 0 Å². The quantitative estimate of drug-likeness (QED) is 0.716. The van der Waals surface area contributed by atoms with Gasteiger partial charge in [-0.1, -0.05) is 6.92 Å². The van der Waals surface area contributed by atoms with E-state index < -0.39 is 5.56 Å². The lowest BCUT2D eigenvalue weighted by Gasteiger charge is -2.10. The minimum absolute atomic E-state index is 0.120. The van der Waals surface area contributed by atoms with Crippen molar-refractivity contribution in [3.63, 3.8) is 0 Å². The van der Waals surface area contributed by atoms with Gasteiger partial charge in [0, 0.05) is 33.0 Å². The summed E-state index contributed by atoms with van der Waals surface area (Å²) < 4.78 is 7.63. The summed E-state index contributed by atoms with van der Waals surface area (Å²) in [4.78, 5) is 23.8. The van der Waals surface area contributed by atoms with Gasteiger partial charge in [-0.2, -0.15) is 0 Å². The van der Waals surface area contributed by atoms with Gasteiger partial charge in [0.25, 0.3) is 5.56 Å². The molecule has 0 aromatic carbocycles. The van der Waals surface area contributed by atoms with E-state index >= 15 is 0 Å². The number of rotatable bonds is 7. The zero-order valence-electron chi connectivity index (χ0n) is 11.0. The molecule has 1 aromatic heterocycles. The molecule has 0 saturated heterocycles. The number of nitrogens with two attached hydrogens (primary N) is 1. The molecule has 0 fully saturated rings. The molecule has 0 aliphatic rings. The molecular weight excluding hydrogens is 234 g/mol. The van der Waals surface area contributed by atoms with Crippen molar-refractivity contribution in [2.75, 3.05) is 19.5 Å². The second-order valence-electron chi connectivity index (χ2n) is 4.22. The minimum Gasteiger partial charge on any atom is -0.393 e. The summed E-state index contributed by atoms with van der Waals surface area (Å²) in [7, 11) is 1.63. The molecule has 6 heteroatoms. The molecule has 0 radical (unpaired) electrons. The lowest BCUT2D eigenvalue weighted by molar-refractivity contribution is 0.191. The number of ether oxygens (including phenoxy) is 1. The summed E-state index contributed by atoms with van der Waals surface area (Å²) in [5.74, 6) is 0. The Morgan fingerprint density at radius 2 is 2.00 bits per heavy atom. The third-order valence-electron chi connectivity index (χ3n) is 2.71. The molecule has 0 spiro atoms. The van der Waals surface area contributed by atoms with E-state index in [1.807, 2.05) is 6.92 Å². The topological polar surface area (TPSA) is 79.2 Å². The molecule has 0 aliphatic heterocycles. The van der Waals surface area contributed by atoms with Crippen LogP contribution in [0.4, 0.5) is 5.69 Å². The van der Waals surface area contributed by atoms with Crippen molar-refractivity contribution in [2.24, 2.45) is 0 Å². The summed E-state index contributed by atoms with van der Waals surface area (Å²) in [6, 6.07) is 0. The van der Waals surface area contributed by atoms with E-state index in [1.54, 1.807) is 7.11 Å². The van der Waals surface area contributed by atoms with Gasteiger partial charge in [-0.05, 0) is 19.3 Å². The van der Waals surface area contributed by atoms with Gasteiger partial charge in [-0.25, -0.2) is 4.79 Å². The summed E-state index contributed by atoms with van der Waals surface area (Å²) in [5.41, 5.74) is 5.07. The van der Waals surface area contributed by atoms with Crippen LogP contribution in [0.25, 0.3) is 0 Å². The molecule has 6 nitrogen and oxygen atoms in total. The highest BCUT2D eigenvalue weighted by molar-refractivity contribution is 5.30. The number of hydrogen-bond donors (Lipinski definition) is 1. The van der Waals surface area contributed by atoms with Gasteiger partial charge in [0.1, 0.15) is 5.69 Å². The van der Waals surface area contributed by atoms with Crippen LogP contribution in [0.2, 0.25) is 0 Å². The van der Waals surface area contributed by atoms with Crippen molar-refractivity contribution in [3.8, 4) is 0 Å². The Morgan fingerprint density at radius 3 is 2.61 bits per heavy atom.